The van der Waals surface area contributed by atoms with E-state index in [4.69, 9.17) is 0 Å². The standard InChI is InChI=1S/C29H44N/c1-4-7-20-30(21-8-5-2,22-9-6-3)23-13-12-15-25-17-14-19-28-27-18-11-10-16-26(27)24-29(25)28/h10-11,14,16-19H,4-9,12-13,15,20-24H2,1-3H3/q+1. The lowest BCUT2D eigenvalue weighted by Gasteiger charge is -2.39. The van der Waals surface area contributed by atoms with Crippen LogP contribution in [0.3, 0.4) is 0 Å². The zero-order valence-corrected chi connectivity index (χ0v) is 19.9. The molecule has 0 N–H and O–H groups in total. The van der Waals surface area contributed by atoms with Crippen molar-refractivity contribution in [1.82, 2.24) is 0 Å². The Morgan fingerprint density at radius 3 is 1.90 bits per heavy atom. The molecule has 0 saturated carbocycles. The van der Waals surface area contributed by atoms with Crippen LogP contribution in [-0.2, 0) is 12.8 Å². The fourth-order valence-electron chi connectivity index (χ4n) is 5.37. The molecule has 1 nitrogen and oxygen atoms in total. The highest BCUT2D eigenvalue weighted by atomic mass is 15.3. The van der Waals surface area contributed by atoms with Gasteiger partial charge in [0.1, 0.15) is 0 Å². The van der Waals surface area contributed by atoms with E-state index in [-0.39, 0.29) is 0 Å². The second-order valence-electron chi connectivity index (χ2n) is 9.53. The van der Waals surface area contributed by atoms with Crippen molar-refractivity contribution in [3.8, 4) is 11.1 Å². The van der Waals surface area contributed by atoms with E-state index < -0.39 is 0 Å². The second kappa shape index (κ2) is 11.7. The fourth-order valence-corrected chi connectivity index (χ4v) is 5.37. The Kier molecular flexibility index (Phi) is 9.00. The van der Waals surface area contributed by atoms with Gasteiger partial charge in [0.25, 0.3) is 0 Å². The average molecular weight is 407 g/mol. The van der Waals surface area contributed by atoms with Gasteiger partial charge in [-0.25, -0.2) is 0 Å². The summed E-state index contributed by atoms with van der Waals surface area (Å²) in [7, 11) is 0. The van der Waals surface area contributed by atoms with Gasteiger partial charge in [0.2, 0.25) is 0 Å². The first-order chi connectivity index (χ1) is 14.7. The highest BCUT2D eigenvalue weighted by molar-refractivity contribution is 5.77. The molecule has 2 aromatic rings. The SMILES string of the molecule is CCCC[N+](CCCC)(CCCC)CCCCc1cccc2c1Cc1ccccc1-2. The minimum atomic E-state index is 1.13. The first kappa shape index (κ1) is 23.1. The summed E-state index contributed by atoms with van der Waals surface area (Å²) < 4.78 is 1.38. The Bertz CT molecular complexity index is 754. The van der Waals surface area contributed by atoms with Crippen LogP contribution in [0.1, 0.15) is 88.8 Å². The van der Waals surface area contributed by atoms with Gasteiger partial charge in [0.05, 0.1) is 26.2 Å². The number of nitrogens with zero attached hydrogens (tertiary/aromatic N) is 1. The van der Waals surface area contributed by atoms with Crippen molar-refractivity contribution in [2.24, 2.45) is 0 Å². The monoisotopic (exact) mass is 406 g/mol. The molecule has 164 valence electrons. The van der Waals surface area contributed by atoms with Crippen molar-refractivity contribution in [3.63, 3.8) is 0 Å². The normalized spacial score (nSPS) is 12.8. The van der Waals surface area contributed by atoms with Gasteiger partial charge in [-0.15, -0.1) is 0 Å². The van der Waals surface area contributed by atoms with Crippen LogP contribution in [0.15, 0.2) is 42.5 Å². The molecule has 1 heteroatoms. The number of unbranched alkanes of at least 4 members (excludes halogenated alkanes) is 4. The predicted octanol–water partition coefficient (Wildman–Crippen LogP) is 7.80. The van der Waals surface area contributed by atoms with Gasteiger partial charge in [-0.2, -0.15) is 0 Å². The van der Waals surface area contributed by atoms with Crippen molar-refractivity contribution in [2.75, 3.05) is 26.2 Å². The van der Waals surface area contributed by atoms with Gasteiger partial charge in [-0.3, -0.25) is 0 Å². The molecule has 3 rings (SSSR count). The first-order valence-electron chi connectivity index (χ1n) is 12.8. The van der Waals surface area contributed by atoms with Crippen LogP contribution < -0.4 is 0 Å². The third kappa shape index (κ3) is 5.76. The number of hydrogen-bond acceptors (Lipinski definition) is 0. The van der Waals surface area contributed by atoms with E-state index in [2.05, 4.69) is 63.2 Å². The van der Waals surface area contributed by atoms with E-state index in [0.29, 0.717) is 0 Å². The van der Waals surface area contributed by atoms with Crippen molar-refractivity contribution < 1.29 is 4.48 Å². The quantitative estimate of drug-likeness (QED) is 0.189. The molecule has 0 saturated heterocycles. The summed E-state index contributed by atoms with van der Waals surface area (Å²) in [4.78, 5) is 0. The maximum absolute atomic E-state index is 2.39. The van der Waals surface area contributed by atoms with E-state index in [1.807, 2.05) is 0 Å². The summed E-state index contributed by atoms with van der Waals surface area (Å²) in [6.45, 7) is 12.6. The Morgan fingerprint density at radius 1 is 0.633 bits per heavy atom. The highest BCUT2D eigenvalue weighted by Crippen LogP contribution is 2.38. The Hall–Kier alpha value is -1.60. The maximum atomic E-state index is 2.39. The fraction of sp³-hybridized carbons (Fsp3) is 0.586. The molecule has 0 aromatic heterocycles. The Morgan fingerprint density at radius 2 is 1.23 bits per heavy atom. The van der Waals surface area contributed by atoms with Crippen molar-refractivity contribution in [2.45, 2.75) is 85.0 Å². The lowest BCUT2D eigenvalue weighted by molar-refractivity contribution is -0.929. The summed E-state index contributed by atoms with van der Waals surface area (Å²) in [5.41, 5.74) is 7.65. The average Bonchev–Trinajstić information content (AvgIpc) is 3.17. The second-order valence-corrected chi connectivity index (χ2v) is 9.53. The molecule has 1 aliphatic rings. The molecule has 0 heterocycles. The highest BCUT2D eigenvalue weighted by Gasteiger charge is 2.25. The van der Waals surface area contributed by atoms with Crippen LogP contribution in [0, 0.1) is 0 Å². The van der Waals surface area contributed by atoms with Crippen molar-refractivity contribution >= 4 is 0 Å². The molecule has 0 spiro atoms. The molecule has 0 atom stereocenters. The largest absolute Gasteiger partial charge is 0.324 e. The van der Waals surface area contributed by atoms with E-state index >= 15 is 0 Å². The molecule has 0 amide bonds. The van der Waals surface area contributed by atoms with Gasteiger partial charge < -0.3 is 4.48 Å². The molecular weight excluding hydrogens is 362 g/mol. The van der Waals surface area contributed by atoms with E-state index in [9.17, 15) is 0 Å². The first-order valence-corrected chi connectivity index (χ1v) is 12.8. The molecule has 0 unspecified atom stereocenters. The smallest absolute Gasteiger partial charge is 0.0786 e. The maximum Gasteiger partial charge on any atom is 0.0786 e. The van der Waals surface area contributed by atoms with Crippen LogP contribution in [0.5, 0.6) is 0 Å². The molecule has 0 aliphatic heterocycles. The predicted molar refractivity (Wildman–Crippen MR) is 132 cm³/mol. The number of rotatable bonds is 14. The summed E-state index contributed by atoms with van der Waals surface area (Å²) in [5, 5.41) is 0. The van der Waals surface area contributed by atoms with E-state index in [0.717, 1.165) is 6.42 Å². The van der Waals surface area contributed by atoms with Crippen LogP contribution in [0.25, 0.3) is 11.1 Å². The van der Waals surface area contributed by atoms with Gasteiger partial charge in [0.15, 0.2) is 0 Å². The van der Waals surface area contributed by atoms with Gasteiger partial charge in [-0.05, 0) is 72.8 Å². The summed E-state index contributed by atoms with van der Waals surface area (Å²) in [6.07, 6.45) is 13.2. The zero-order chi connectivity index (χ0) is 21.2. The molecule has 30 heavy (non-hydrogen) atoms. The summed E-state index contributed by atoms with van der Waals surface area (Å²) in [6, 6.07) is 16.0. The molecule has 0 fully saturated rings. The lowest BCUT2D eigenvalue weighted by Crippen LogP contribution is -2.50. The van der Waals surface area contributed by atoms with Gasteiger partial charge in [-0.1, -0.05) is 82.5 Å². The van der Waals surface area contributed by atoms with E-state index in [1.54, 1.807) is 11.1 Å². The third-order valence-corrected chi connectivity index (χ3v) is 7.23. The molecule has 1 aliphatic carbocycles. The van der Waals surface area contributed by atoms with Crippen molar-refractivity contribution in [1.29, 1.82) is 0 Å². The minimum Gasteiger partial charge on any atom is -0.324 e. The van der Waals surface area contributed by atoms with Gasteiger partial charge >= 0.3 is 0 Å². The van der Waals surface area contributed by atoms with Crippen molar-refractivity contribution in [3.05, 3.63) is 59.2 Å². The minimum absolute atomic E-state index is 1.13. The Labute approximate surface area is 186 Å². The van der Waals surface area contributed by atoms with Gasteiger partial charge in [0, 0.05) is 0 Å². The zero-order valence-electron chi connectivity index (χ0n) is 19.9. The molecular formula is C29H44N+. The number of hydrogen-bond donors (Lipinski definition) is 0. The van der Waals surface area contributed by atoms with Crippen LogP contribution in [0.2, 0.25) is 0 Å². The van der Waals surface area contributed by atoms with Crippen LogP contribution in [-0.4, -0.2) is 30.7 Å². The van der Waals surface area contributed by atoms with Crippen LogP contribution >= 0.6 is 0 Å². The molecule has 0 radical (unpaired) electrons. The number of benzene rings is 2. The van der Waals surface area contributed by atoms with Crippen LogP contribution in [0.4, 0.5) is 0 Å². The topological polar surface area (TPSA) is 0 Å². The molecule has 0 bridgehead atoms. The molecule has 2 aromatic carbocycles. The number of fused-ring (bicyclic) bond motifs is 3. The lowest BCUT2D eigenvalue weighted by atomic mass is 9.97. The Balaban J connectivity index is 1.61. The summed E-state index contributed by atoms with van der Waals surface area (Å²) >= 11 is 0. The third-order valence-electron chi connectivity index (χ3n) is 7.23. The summed E-state index contributed by atoms with van der Waals surface area (Å²) in [5.74, 6) is 0. The number of aryl methyl sites for hydroxylation is 1. The van der Waals surface area contributed by atoms with E-state index in [1.165, 1.54) is 105 Å². The number of quaternary nitrogens is 1.